The fourth-order valence-electron chi connectivity index (χ4n) is 3.27. The maximum atomic E-state index is 12.5. The predicted octanol–water partition coefficient (Wildman–Crippen LogP) is 2.53. The summed E-state index contributed by atoms with van der Waals surface area (Å²) in [6.07, 6.45) is 2.17. The summed E-state index contributed by atoms with van der Waals surface area (Å²) in [6.45, 7) is 6.28. The van der Waals surface area contributed by atoms with Crippen molar-refractivity contribution in [2.24, 2.45) is 5.92 Å². The molecule has 0 radical (unpaired) electrons. The van der Waals surface area contributed by atoms with Crippen LogP contribution in [0.1, 0.15) is 50.8 Å². The SMILES string of the molecule is C[C@H](NC(=O)[C@@H]1CC(=O)OC1(C)C)c1ccc2c(c1)CCCO2. The maximum Gasteiger partial charge on any atom is 0.307 e. The Bertz CT molecular complexity index is 638. The summed E-state index contributed by atoms with van der Waals surface area (Å²) in [5, 5.41) is 3.01. The summed E-state index contributed by atoms with van der Waals surface area (Å²) in [7, 11) is 0. The van der Waals surface area contributed by atoms with Gasteiger partial charge >= 0.3 is 5.97 Å². The Morgan fingerprint density at radius 1 is 1.39 bits per heavy atom. The van der Waals surface area contributed by atoms with Crippen LogP contribution in [0.5, 0.6) is 5.75 Å². The minimum atomic E-state index is -0.745. The van der Waals surface area contributed by atoms with Gasteiger partial charge in [-0.2, -0.15) is 0 Å². The lowest BCUT2D eigenvalue weighted by Gasteiger charge is -2.26. The van der Waals surface area contributed by atoms with Crippen molar-refractivity contribution in [1.82, 2.24) is 5.32 Å². The van der Waals surface area contributed by atoms with Gasteiger partial charge in [-0.3, -0.25) is 9.59 Å². The molecule has 0 unspecified atom stereocenters. The van der Waals surface area contributed by atoms with Crippen LogP contribution < -0.4 is 10.1 Å². The molecule has 2 heterocycles. The fourth-order valence-corrected chi connectivity index (χ4v) is 3.27. The van der Waals surface area contributed by atoms with Crippen LogP contribution in [0.3, 0.4) is 0 Å². The minimum Gasteiger partial charge on any atom is -0.493 e. The van der Waals surface area contributed by atoms with Gasteiger partial charge in [0.15, 0.2) is 0 Å². The van der Waals surface area contributed by atoms with Gasteiger partial charge in [-0.15, -0.1) is 0 Å². The number of amides is 1. The van der Waals surface area contributed by atoms with Gasteiger partial charge < -0.3 is 14.8 Å². The van der Waals surface area contributed by atoms with Crippen LogP contribution in [-0.4, -0.2) is 24.1 Å². The molecular weight excluding hydrogens is 294 g/mol. The molecular formula is C18H23NO4. The first kappa shape index (κ1) is 15.8. The third kappa shape index (κ3) is 3.19. The van der Waals surface area contributed by atoms with E-state index in [0.29, 0.717) is 0 Å². The van der Waals surface area contributed by atoms with Crippen molar-refractivity contribution in [2.75, 3.05) is 6.61 Å². The van der Waals surface area contributed by atoms with E-state index in [-0.39, 0.29) is 24.3 Å². The van der Waals surface area contributed by atoms with Gasteiger partial charge in [-0.05, 0) is 50.8 Å². The molecule has 0 spiro atoms. The third-order valence-corrected chi connectivity index (χ3v) is 4.69. The van der Waals surface area contributed by atoms with Crippen LogP contribution in [0, 0.1) is 5.92 Å². The molecule has 124 valence electrons. The Balaban J connectivity index is 1.70. The molecule has 1 aromatic rings. The third-order valence-electron chi connectivity index (χ3n) is 4.69. The number of nitrogens with one attached hydrogen (secondary N) is 1. The van der Waals surface area contributed by atoms with Crippen molar-refractivity contribution in [2.45, 2.75) is 51.7 Å². The van der Waals surface area contributed by atoms with Crippen LogP contribution in [-0.2, 0) is 20.7 Å². The molecule has 3 rings (SSSR count). The van der Waals surface area contributed by atoms with E-state index in [2.05, 4.69) is 11.4 Å². The van der Waals surface area contributed by atoms with Crippen LogP contribution >= 0.6 is 0 Å². The molecule has 2 aliphatic rings. The Morgan fingerprint density at radius 3 is 2.87 bits per heavy atom. The molecule has 0 saturated carbocycles. The lowest BCUT2D eigenvalue weighted by Crippen LogP contribution is -2.41. The molecule has 5 nitrogen and oxygen atoms in total. The lowest BCUT2D eigenvalue weighted by atomic mass is 9.89. The first-order valence-corrected chi connectivity index (χ1v) is 8.14. The second-order valence-electron chi connectivity index (χ2n) is 6.88. The molecule has 5 heteroatoms. The highest BCUT2D eigenvalue weighted by Crippen LogP contribution is 2.33. The van der Waals surface area contributed by atoms with Gasteiger partial charge in [0.05, 0.1) is 25.0 Å². The van der Waals surface area contributed by atoms with Crippen LogP contribution in [0.25, 0.3) is 0 Å². The van der Waals surface area contributed by atoms with Crippen molar-refractivity contribution in [3.8, 4) is 5.75 Å². The molecule has 0 bridgehead atoms. The van der Waals surface area contributed by atoms with E-state index >= 15 is 0 Å². The number of fused-ring (bicyclic) bond motifs is 1. The number of carbonyl (C=O) groups is 2. The largest absolute Gasteiger partial charge is 0.493 e. The van der Waals surface area contributed by atoms with Gasteiger partial charge in [-0.25, -0.2) is 0 Å². The number of esters is 1. The Hall–Kier alpha value is -2.04. The van der Waals surface area contributed by atoms with E-state index in [9.17, 15) is 9.59 Å². The zero-order chi connectivity index (χ0) is 16.6. The summed E-state index contributed by atoms with van der Waals surface area (Å²) in [4.78, 5) is 24.0. The van der Waals surface area contributed by atoms with Crippen LogP contribution in [0.2, 0.25) is 0 Å². The highest BCUT2D eigenvalue weighted by atomic mass is 16.6. The quantitative estimate of drug-likeness (QED) is 0.870. The van der Waals surface area contributed by atoms with Crippen molar-refractivity contribution >= 4 is 11.9 Å². The van der Waals surface area contributed by atoms with Crippen molar-refractivity contribution in [3.63, 3.8) is 0 Å². The first-order chi connectivity index (χ1) is 10.9. The average Bonchev–Trinajstić information content (AvgIpc) is 2.79. The monoisotopic (exact) mass is 317 g/mol. The highest BCUT2D eigenvalue weighted by Gasteiger charge is 2.46. The molecule has 2 atom stereocenters. The minimum absolute atomic E-state index is 0.124. The zero-order valence-electron chi connectivity index (χ0n) is 13.8. The number of aryl methyl sites for hydroxylation is 1. The zero-order valence-corrected chi connectivity index (χ0v) is 13.8. The van der Waals surface area contributed by atoms with E-state index in [1.165, 1.54) is 5.56 Å². The normalized spacial score (nSPS) is 23.4. The summed E-state index contributed by atoms with van der Waals surface area (Å²) in [6, 6.07) is 5.93. The summed E-state index contributed by atoms with van der Waals surface area (Å²) < 4.78 is 10.8. The second kappa shape index (κ2) is 5.87. The Morgan fingerprint density at radius 2 is 2.17 bits per heavy atom. The number of ether oxygens (including phenoxy) is 2. The molecule has 1 amide bonds. The van der Waals surface area contributed by atoms with Crippen LogP contribution in [0.4, 0.5) is 0 Å². The second-order valence-corrected chi connectivity index (χ2v) is 6.88. The van der Waals surface area contributed by atoms with Gasteiger partial charge in [0, 0.05) is 0 Å². The van der Waals surface area contributed by atoms with E-state index in [0.717, 1.165) is 30.8 Å². The topological polar surface area (TPSA) is 64.6 Å². The summed E-state index contributed by atoms with van der Waals surface area (Å²) >= 11 is 0. The summed E-state index contributed by atoms with van der Waals surface area (Å²) in [5.74, 6) is 0.0453. The number of hydrogen-bond donors (Lipinski definition) is 1. The fraction of sp³-hybridized carbons (Fsp3) is 0.556. The molecule has 0 aromatic heterocycles. The molecule has 1 saturated heterocycles. The molecule has 2 aliphatic heterocycles. The Labute approximate surface area is 136 Å². The van der Waals surface area contributed by atoms with Gasteiger partial charge in [-0.1, -0.05) is 12.1 Å². The molecule has 1 N–H and O–H groups in total. The van der Waals surface area contributed by atoms with Gasteiger partial charge in [0.2, 0.25) is 5.91 Å². The summed E-state index contributed by atoms with van der Waals surface area (Å²) in [5.41, 5.74) is 1.49. The van der Waals surface area contributed by atoms with E-state index in [1.807, 2.05) is 19.1 Å². The first-order valence-electron chi connectivity index (χ1n) is 8.14. The predicted molar refractivity (Wildman–Crippen MR) is 85.1 cm³/mol. The maximum absolute atomic E-state index is 12.5. The van der Waals surface area contributed by atoms with E-state index < -0.39 is 11.5 Å². The van der Waals surface area contributed by atoms with Crippen molar-refractivity contribution in [1.29, 1.82) is 0 Å². The number of benzene rings is 1. The number of rotatable bonds is 3. The molecule has 1 aromatic carbocycles. The smallest absolute Gasteiger partial charge is 0.307 e. The highest BCUT2D eigenvalue weighted by molar-refractivity contribution is 5.87. The van der Waals surface area contributed by atoms with Crippen molar-refractivity contribution < 1.29 is 19.1 Å². The molecule has 0 aliphatic carbocycles. The van der Waals surface area contributed by atoms with Gasteiger partial charge in [0.25, 0.3) is 0 Å². The number of carbonyl (C=O) groups excluding carboxylic acids is 2. The molecule has 1 fully saturated rings. The number of hydrogen-bond acceptors (Lipinski definition) is 4. The Kier molecular flexibility index (Phi) is 4.04. The number of cyclic esters (lactones) is 1. The standard InChI is InChI=1S/C18H23NO4/c1-11(12-6-7-15-13(9-12)5-4-8-22-15)19-17(21)14-10-16(20)23-18(14,2)3/h6-7,9,11,14H,4-5,8,10H2,1-3H3,(H,19,21)/t11-,14-/m0/s1. The van der Waals surface area contributed by atoms with Crippen LogP contribution in [0.15, 0.2) is 18.2 Å². The molecule has 23 heavy (non-hydrogen) atoms. The lowest BCUT2D eigenvalue weighted by molar-refractivity contribution is -0.147. The van der Waals surface area contributed by atoms with E-state index in [4.69, 9.17) is 9.47 Å². The van der Waals surface area contributed by atoms with E-state index in [1.54, 1.807) is 13.8 Å². The average molecular weight is 317 g/mol. The van der Waals surface area contributed by atoms with Crippen molar-refractivity contribution in [3.05, 3.63) is 29.3 Å². The van der Waals surface area contributed by atoms with Gasteiger partial charge in [0.1, 0.15) is 11.4 Å².